The zero-order valence-corrected chi connectivity index (χ0v) is 16.8. The number of nitrogens with two attached hydrogens (primary N) is 1. The Morgan fingerprint density at radius 1 is 0.656 bits per heavy atom. The number of hydrogen-bond acceptors (Lipinski definition) is 3. The molecule has 1 aromatic rings. The van der Waals surface area contributed by atoms with Gasteiger partial charge in [-0.3, -0.25) is 5.84 Å². The van der Waals surface area contributed by atoms with Crippen molar-refractivity contribution in [2.75, 3.05) is 5.43 Å². The summed E-state index contributed by atoms with van der Waals surface area (Å²) in [6.07, 6.45) is 7.41. The Morgan fingerprint density at radius 2 is 1.06 bits per heavy atom. The molecule has 3 N–H and O–H groups in total. The monoisotopic (exact) mass is 402 g/mol. The second-order valence-electron chi connectivity index (χ2n) is 4.85. The lowest BCUT2D eigenvalue weighted by atomic mass is 10.2. The minimum atomic E-state index is 0.587. The first-order chi connectivity index (χ1) is 15.8. The summed E-state index contributed by atoms with van der Waals surface area (Å²) < 4.78 is 5.32. The molecule has 32 heavy (non-hydrogen) atoms. The Morgan fingerprint density at radius 3 is 1.47 bits per heavy atom. The molecule has 0 spiro atoms. The molecule has 0 saturated heterocycles. The number of aryl methyl sites for hydroxylation is 1. The van der Waals surface area contributed by atoms with Crippen LogP contribution in [-0.4, -0.2) is 0 Å². The van der Waals surface area contributed by atoms with E-state index in [-0.39, 0.29) is 0 Å². The van der Waals surface area contributed by atoms with E-state index >= 15 is 0 Å². The van der Waals surface area contributed by atoms with Gasteiger partial charge in [0.2, 0.25) is 0 Å². The number of terminal acetylenes is 1. The molecule has 0 aliphatic rings. The molecule has 0 aliphatic carbocycles. The largest absolute Gasteiger partial charge is 0.406 e. The Kier molecular flexibility index (Phi) is 12.8. The fourth-order valence-corrected chi connectivity index (χ4v) is 1.47. The molecular formula is C29H10N2O. The van der Waals surface area contributed by atoms with Crippen molar-refractivity contribution in [3.63, 3.8) is 0 Å². The zero-order valence-electron chi connectivity index (χ0n) is 16.8. The summed E-state index contributed by atoms with van der Waals surface area (Å²) in [4.78, 5) is 0. The van der Waals surface area contributed by atoms with Crippen LogP contribution >= 0.6 is 0 Å². The minimum Gasteiger partial charge on any atom is -0.406 e. The van der Waals surface area contributed by atoms with Crippen LogP contribution in [-0.2, 0) is 0 Å². The van der Waals surface area contributed by atoms with Crippen molar-refractivity contribution in [1.29, 1.82) is 0 Å². The number of hydrazine groups is 1. The molecule has 0 fully saturated rings. The predicted octanol–water partition coefficient (Wildman–Crippen LogP) is 1.28. The number of hydrogen-bond donors (Lipinski definition) is 2. The summed E-state index contributed by atoms with van der Waals surface area (Å²) in [7, 11) is 0. The summed E-state index contributed by atoms with van der Waals surface area (Å²) in [6.45, 7) is 1.89. The minimum absolute atomic E-state index is 0.587. The molecule has 0 saturated carbocycles. The molecular weight excluding hydrogens is 392 g/mol. The van der Waals surface area contributed by atoms with Gasteiger partial charge in [0.05, 0.1) is 5.69 Å². The average Bonchev–Trinajstić information content (AvgIpc) is 2.81. The molecule has 3 heteroatoms. The normalized spacial score (nSPS) is 5.78. The summed E-state index contributed by atoms with van der Waals surface area (Å²) in [5.74, 6) is 55.3. The van der Waals surface area contributed by atoms with Crippen LogP contribution in [0.25, 0.3) is 0 Å². The maximum Gasteiger partial charge on any atom is 0.145 e. The third-order valence-corrected chi connectivity index (χ3v) is 2.76. The highest BCUT2D eigenvalue weighted by Gasteiger charge is 1.99. The molecule has 0 atom stereocenters. The lowest BCUT2D eigenvalue weighted by Crippen LogP contribution is -2.06. The van der Waals surface area contributed by atoms with E-state index in [4.69, 9.17) is 17.0 Å². The van der Waals surface area contributed by atoms with Crippen molar-refractivity contribution < 1.29 is 4.74 Å². The van der Waals surface area contributed by atoms with E-state index in [2.05, 4.69) is 130 Å². The molecule has 1 rings (SSSR count). The van der Waals surface area contributed by atoms with Crippen LogP contribution in [0.1, 0.15) is 5.56 Å². The van der Waals surface area contributed by atoms with Gasteiger partial charge in [0, 0.05) is 77.1 Å². The zero-order chi connectivity index (χ0) is 23.1. The molecule has 3 nitrogen and oxygen atoms in total. The third kappa shape index (κ3) is 12.3. The van der Waals surface area contributed by atoms with Crippen molar-refractivity contribution in [2.45, 2.75) is 6.92 Å². The number of nitrogen functional groups attached to an aromatic ring is 1. The quantitative estimate of drug-likeness (QED) is 0.445. The van der Waals surface area contributed by atoms with Crippen molar-refractivity contribution in [3.8, 4) is 137 Å². The highest BCUT2D eigenvalue weighted by molar-refractivity contribution is 5.51. The van der Waals surface area contributed by atoms with E-state index < -0.39 is 0 Å². The summed E-state index contributed by atoms with van der Waals surface area (Å²) >= 11 is 0. The highest BCUT2D eigenvalue weighted by atomic mass is 16.5. The highest BCUT2D eigenvalue weighted by Crippen LogP contribution is 2.21. The number of benzene rings is 1. The van der Waals surface area contributed by atoms with Crippen LogP contribution in [0.2, 0.25) is 0 Å². The van der Waals surface area contributed by atoms with Gasteiger partial charge in [-0.25, -0.2) is 0 Å². The Hall–Kier alpha value is -6.06. The first kappa shape index (κ1) is 24.0. The van der Waals surface area contributed by atoms with Crippen molar-refractivity contribution in [3.05, 3.63) is 23.8 Å². The maximum absolute atomic E-state index is 5.35. The third-order valence-electron chi connectivity index (χ3n) is 2.76. The SMILES string of the molecule is C#CC#CC#CC#CC#CC#CC#CC#CC#CC#CC#COc1cc(NN)ccc1C. The van der Waals surface area contributed by atoms with Crippen molar-refractivity contribution in [1.82, 2.24) is 0 Å². The van der Waals surface area contributed by atoms with E-state index in [0.29, 0.717) is 11.4 Å². The molecule has 0 radical (unpaired) electrons. The number of rotatable bonds is 2. The van der Waals surface area contributed by atoms with Gasteiger partial charge in [0.15, 0.2) is 0 Å². The van der Waals surface area contributed by atoms with Gasteiger partial charge in [0.25, 0.3) is 0 Å². The number of ether oxygens (including phenoxy) is 1. The summed E-state index contributed by atoms with van der Waals surface area (Å²) in [5, 5.41) is 0. The molecule has 0 bridgehead atoms. The van der Waals surface area contributed by atoms with E-state index in [1.165, 1.54) is 0 Å². The molecule has 0 aromatic heterocycles. The first-order valence-corrected chi connectivity index (χ1v) is 8.47. The van der Waals surface area contributed by atoms with Crippen LogP contribution in [0.3, 0.4) is 0 Å². The van der Waals surface area contributed by atoms with E-state index in [1.807, 2.05) is 19.1 Å². The Balaban J connectivity index is 2.47. The van der Waals surface area contributed by atoms with Crippen LogP contribution in [0.4, 0.5) is 5.69 Å². The topological polar surface area (TPSA) is 47.3 Å². The lowest BCUT2D eigenvalue weighted by molar-refractivity contribution is 0.516. The van der Waals surface area contributed by atoms with Gasteiger partial charge in [0.1, 0.15) is 11.9 Å². The van der Waals surface area contributed by atoms with Crippen LogP contribution in [0.15, 0.2) is 18.2 Å². The molecule has 0 amide bonds. The van der Waals surface area contributed by atoms with Gasteiger partial charge < -0.3 is 10.2 Å². The van der Waals surface area contributed by atoms with Gasteiger partial charge >= 0.3 is 0 Å². The standard InChI is InChI=1S/C29H10N2O/c1-3-4-5-6-7-8-9-10-11-12-13-14-15-16-17-18-19-20-21-22-25-32-29-26-28(31-30)24-23-27(29)2/h1,23-24,26,31H,30H2,2H3. The predicted molar refractivity (Wildman–Crippen MR) is 126 cm³/mol. The smallest absolute Gasteiger partial charge is 0.145 e. The van der Waals surface area contributed by atoms with Crippen LogP contribution in [0.5, 0.6) is 5.75 Å². The molecule has 0 unspecified atom stereocenters. The number of nitrogens with one attached hydrogen (secondary N) is 1. The second kappa shape index (κ2) is 17.1. The van der Waals surface area contributed by atoms with Gasteiger partial charge in [-0.2, -0.15) is 0 Å². The molecule has 1 aromatic carbocycles. The Bertz CT molecular complexity index is 1550. The van der Waals surface area contributed by atoms with E-state index in [0.717, 1.165) is 5.56 Å². The number of anilines is 1. The van der Waals surface area contributed by atoms with Gasteiger partial charge in [-0.05, 0) is 65.9 Å². The van der Waals surface area contributed by atoms with Crippen LogP contribution < -0.4 is 16.0 Å². The fraction of sp³-hybridized carbons (Fsp3) is 0.0345. The maximum atomic E-state index is 5.35. The summed E-state index contributed by atoms with van der Waals surface area (Å²) in [5.41, 5.74) is 4.16. The summed E-state index contributed by atoms with van der Waals surface area (Å²) in [6, 6.07) is 5.42. The first-order valence-electron chi connectivity index (χ1n) is 8.47. The van der Waals surface area contributed by atoms with E-state index in [1.54, 1.807) is 6.07 Å². The van der Waals surface area contributed by atoms with Crippen molar-refractivity contribution in [2.24, 2.45) is 5.84 Å². The molecule has 0 aliphatic heterocycles. The van der Waals surface area contributed by atoms with Gasteiger partial charge in [-0.1, -0.05) is 6.07 Å². The average molecular weight is 402 g/mol. The molecule has 0 heterocycles. The van der Waals surface area contributed by atoms with E-state index in [9.17, 15) is 0 Å². The Labute approximate surface area is 189 Å². The van der Waals surface area contributed by atoms with Crippen molar-refractivity contribution >= 4 is 5.69 Å². The lowest BCUT2D eigenvalue weighted by Gasteiger charge is -2.04. The van der Waals surface area contributed by atoms with Gasteiger partial charge in [-0.15, -0.1) is 6.42 Å². The molecule has 142 valence electrons. The van der Waals surface area contributed by atoms with Crippen LogP contribution in [0, 0.1) is 138 Å². The fourth-order valence-electron chi connectivity index (χ4n) is 1.47. The second-order valence-corrected chi connectivity index (χ2v) is 4.85.